The minimum Gasteiger partial charge on any atom is -0.478 e. The van der Waals surface area contributed by atoms with Crippen LogP contribution in [-0.4, -0.2) is 23.9 Å². The first-order chi connectivity index (χ1) is 7.99. The molecule has 1 aromatic rings. The Morgan fingerprint density at radius 3 is 2.71 bits per heavy atom. The molecular formula is C13H17O3P. The first kappa shape index (κ1) is 12.4. The zero-order valence-electron chi connectivity index (χ0n) is 9.93. The lowest BCUT2D eigenvalue weighted by molar-refractivity contribution is 0.0697. The van der Waals surface area contributed by atoms with E-state index in [-0.39, 0.29) is 5.56 Å². The summed E-state index contributed by atoms with van der Waals surface area (Å²) in [6.07, 6.45) is 4.28. The maximum absolute atomic E-state index is 12.6. The summed E-state index contributed by atoms with van der Waals surface area (Å²) in [6.45, 7) is 1.77. The van der Waals surface area contributed by atoms with Crippen molar-refractivity contribution in [1.29, 1.82) is 0 Å². The summed E-state index contributed by atoms with van der Waals surface area (Å²) in [5, 5.41) is 9.62. The van der Waals surface area contributed by atoms with E-state index in [9.17, 15) is 9.36 Å². The van der Waals surface area contributed by atoms with Crippen molar-refractivity contribution in [3.8, 4) is 0 Å². The third-order valence-corrected chi connectivity index (χ3v) is 6.05. The number of carboxylic acid groups (broad SMARTS) is 1. The van der Waals surface area contributed by atoms with Gasteiger partial charge in [0.2, 0.25) is 0 Å². The Kier molecular flexibility index (Phi) is 3.39. The van der Waals surface area contributed by atoms with Crippen molar-refractivity contribution < 1.29 is 14.5 Å². The van der Waals surface area contributed by atoms with Gasteiger partial charge in [0.1, 0.15) is 7.14 Å². The van der Waals surface area contributed by atoms with Crippen LogP contribution >= 0.6 is 7.14 Å². The number of aromatic carboxylic acids is 1. The van der Waals surface area contributed by atoms with Crippen molar-refractivity contribution in [2.24, 2.45) is 5.92 Å². The molecule has 0 aromatic heterocycles. The van der Waals surface area contributed by atoms with Crippen LogP contribution in [0.15, 0.2) is 24.3 Å². The summed E-state index contributed by atoms with van der Waals surface area (Å²) in [4.78, 5) is 10.9. The Bertz CT molecular complexity index is 477. The summed E-state index contributed by atoms with van der Waals surface area (Å²) < 4.78 is 12.6. The van der Waals surface area contributed by atoms with Gasteiger partial charge in [-0.3, -0.25) is 0 Å². The molecule has 4 heteroatoms. The normalized spacial score (nSPS) is 19.4. The van der Waals surface area contributed by atoms with Gasteiger partial charge in [0.15, 0.2) is 0 Å². The highest BCUT2D eigenvalue weighted by atomic mass is 31.2. The fraction of sp³-hybridized carbons (Fsp3) is 0.462. The number of carbonyl (C=O) groups is 1. The van der Waals surface area contributed by atoms with Crippen molar-refractivity contribution in [3.63, 3.8) is 0 Å². The molecule has 1 aliphatic rings. The van der Waals surface area contributed by atoms with E-state index in [1.807, 2.05) is 0 Å². The van der Waals surface area contributed by atoms with E-state index in [0.717, 1.165) is 19.0 Å². The molecule has 1 fully saturated rings. The second-order valence-electron chi connectivity index (χ2n) is 4.94. The number of benzene rings is 1. The SMILES string of the molecule is CP(=O)(CC1CCC1)c1cccc(C(=O)O)c1. The minimum atomic E-state index is -2.40. The summed E-state index contributed by atoms with van der Waals surface area (Å²) >= 11 is 0. The van der Waals surface area contributed by atoms with Crippen LogP contribution in [0, 0.1) is 5.92 Å². The molecule has 0 aliphatic heterocycles. The molecular weight excluding hydrogens is 235 g/mol. The van der Waals surface area contributed by atoms with Crippen LogP contribution in [-0.2, 0) is 4.57 Å². The average Bonchev–Trinajstić information content (AvgIpc) is 2.24. The van der Waals surface area contributed by atoms with Gasteiger partial charge >= 0.3 is 5.97 Å². The number of hydrogen-bond acceptors (Lipinski definition) is 2. The zero-order valence-corrected chi connectivity index (χ0v) is 10.8. The lowest BCUT2D eigenvalue weighted by Gasteiger charge is -2.28. The molecule has 2 rings (SSSR count). The molecule has 1 unspecified atom stereocenters. The molecule has 92 valence electrons. The van der Waals surface area contributed by atoms with Crippen LogP contribution in [0.25, 0.3) is 0 Å². The maximum Gasteiger partial charge on any atom is 0.335 e. The Labute approximate surface area is 101 Å². The van der Waals surface area contributed by atoms with Gasteiger partial charge < -0.3 is 9.67 Å². The Balaban J connectivity index is 2.22. The Morgan fingerprint density at radius 2 is 2.18 bits per heavy atom. The summed E-state index contributed by atoms with van der Waals surface area (Å²) in [6, 6.07) is 6.55. The third kappa shape index (κ3) is 2.78. The average molecular weight is 252 g/mol. The van der Waals surface area contributed by atoms with Crippen molar-refractivity contribution in [2.75, 3.05) is 12.8 Å². The second kappa shape index (κ2) is 4.66. The summed E-state index contributed by atoms with van der Waals surface area (Å²) in [7, 11) is -2.40. The first-order valence-electron chi connectivity index (χ1n) is 5.89. The van der Waals surface area contributed by atoms with E-state index in [1.165, 1.54) is 12.5 Å². The number of rotatable bonds is 4. The highest BCUT2D eigenvalue weighted by Gasteiger charge is 2.27. The fourth-order valence-electron chi connectivity index (χ4n) is 2.21. The molecule has 0 radical (unpaired) electrons. The topological polar surface area (TPSA) is 54.4 Å². The van der Waals surface area contributed by atoms with E-state index in [0.29, 0.717) is 11.2 Å². The van der Waals surface area contributed by atoms with E-state index in [2.05, 4.69) is 0 Å². The molecule has 0 spiro atoms. The molecule has 0 heterocycles. The van der Waals surface area contributed by atoms with E-state index < -0.39 is 13.1 Å². The third-order valence-electron chi connectivity index (χ3n) is 3.47. The van der Waals surface area contributed by atoms with Gasteiger partial charge in [0, 0.05) is 11.5 Å². The van der Waals surface area contributed by atoms with Gasteiger partial charge in [0.25, 0.3) is 0 Å². The van der Waals surface area contributed by atoms with E-state index >= 15 is 0 Å². The number of hydrogen-bond donors (Lipinski definition) is 1. The van der Waals surface area contributed by atoms with Gasteiger partial charge in [0.05, 0.1) is 5.56 Å². The van der Waals surface area contributed by atoms with Crippen molar-refractivity contribution in [1.82, 2.24) is 0 Å². The van der Waals surface area contributed by atoms with Crippen molar-refractivity contribution in [3.05, 3.63) is 29.8 Å². The zero-order chi connectivity index (χ0) is 12.5. The van der Waals surface area contributed by atoms with E-state index in [1.54, 1.807) is 24.9 Å². The Morgan fingerprint density at radius 1 is 1.47 bits per heavy atom. The molecule has 1 N–H and O–H groups in total. The van der Waals surface area contributed by atoms with Gasteiger partial charge in [-0.25, -0.2) is 4.79 Å². The van der Waals surface area contributed by atoms with Crippen LogP contribution in [0.2, 0.25) is 0 Å². The Hall–Kier alpha value is -1.08. The fourth-order valence-corrected chi connectivity index (χ4v) is 4.58. The van der Waals surface area contributed by atoms with Crippen LogP contribution in [0.4, 0.5) is 0 Å². The monoisotopic (exact) mass is 252 g/mol. The highest BCUT2D eigenvalue weighted by molar-refractivity contribution is 7.70. The van der Waals surface area contributed by atoms with Crippen molar-refractivity contribution in [2.45, 2.75) is 19.3 Å². The van der Waals surface area contributed by atoms with Gasteiger partial charge in [-0.05, 0) is 37.6 Å². The van der Waals surface area contributed by atoms with Gasteiger partial charge in [-0.1, -0.05) is 18.6 Å². The lowest BCUT2D eigenvalue weighted by atomic mass is 9.87. The predicted molar refractivity (Wildman–Crippen MR) is 68.8 cm³/mol. The second-order valence-corrected chi connectivity index (χ2v) is 8.02. The maximum atomic E-state index is 12.6. The van der Waals surface area contributed by atoms with Crippen LogP contribution in [0.3, 0.4) is 0 Å². The largest absolute Gasteiger partial charge is 0.478 e. The van der Waals surface area contributed by atoms with Crippen LogP contribution in [0.5, 0.6) is 0 Å². The van der Waals surface area contributed by atoms with Gasteiger partial charge in [-0.15, -0.1) is 0 Å². The first-order valence-corrected chi connectivity index (χ1v) is 8.23. The molecule has 1 aliphatic carbocycles. The van der Waals surface area contributed by atoms with Gasteiger partial charge in [-0.2, -0.15) is 0 Å². The molecule has 17 heavy (non-hydrogen) atoms. The molecule has 1 aromatic carbocycles. The summed E-state index contributed by atoms with van der Waals surface area (Å²) in [5.74, 6) is -0.394. The molecule has 1 saturated carbocycles. The van der Waals surface area contributed by atoms with E-state index in [4.69, 9.17) is 5.11 Å². The lowest BCUT2D eigenvalue weighted by Crippen LogP contribution is -2.19. The number of carboxylic acids is 1. The van der Waals surface area contributed by atoms with Crippen LogP contribution in [0.1, 0.15) is 29.6 Å². The molecule has 3 nitrogen and oxygen atoms in total. The smallest absolute Gasteiger partial charge is 0.335 e. The van der Waals surface area contributed by atoms with Crippen LogP contribution < -0.4 is 5.30 Å². The predicted octanol–water partition coefficient (Wildman–Crippen LogP) is 2.80. The minimum absolute atomic E-state index is 0.221. The molecule has 1 atom stereocenters. The molecule has 0 amide bonds. The summed E-state index contributed by atoms with van der Waals surface area (Å²) in [5.41, 5.74) is 0.221. The molecule has 0 bridgehead atoms. The molecule has 0 saturated heterocycles. The standard InChI is InChI=1S/C13H17O3P/c1-17(16,9-10-4-2-5-10)12-7-3-6-11(8-12)13(14)15/h3,6-8,10H,2,4-5,9H2,1H3,(H,14,15). The highest BCUT2D eigenvalue weighted by Crippen LogP contribution is 2.46. The quantitative estimate of drug-likeness (QED) is 0.838. The van der Waals surface area contributed by atoms with Crippen molar-refractivity contribution >= 4 is 18.4 Å².